The van der Waals surface area contributed by atoms with Crippen LogP contribution in [0.4, 0.5) is 0 Å². The second-order valence-corrected chi connectivity index (χ2v) is 4.52. The topological polar surface area (TPSA) is 93.3 Å². The Morgan fingerprint density at radius 1 is 1.00 bits per heavy atom. The van der Waals surface area contributed by atoms with Gasteiger partial charge in [0.2, 0.25) is 0 Å². The number of nitrogens with two attached hydrogens (primary N) is 3. The summed E-state index contributed by atoms with van der Waals surface area (Å²) < 4.78 is 0. The molecule has 0 aromatic heterocycles. The first kappa shape index (κ1) is 16.8. The van der Waals surface area contributed by atoms with E-state index in [1.807, 2.05) is 6.92 Å². The third-order valence-electron chi connectivity index (χ3n) is 2.89. The lowest BCUT2D eigenvalue weighted by Gasteiger charge is -2.30. The second kappa shape index (κ2) is 12.3. The van der Waals surface area contributed by atoms with Gasteiger partial charge in [0, 0.05) is 26.2 Å². The van der Waals surface area contributed by atoms with E-state index in [9.17, 15) is 0 Å². The third-order valence-corrected chi connectivity index (χ3v) is 2.89. The van der Waals surface area contributed by atoms with Gasteiger partial charge in [0.25, 0.3) is 0 Å². The van der Waals surface area contributed by atoms with Crippen molar-refractivity contribution in [2.24, 2.45) is 17.2 Å². The molecule has 0 bridgehead atoms. The van der Waals surface area contributed by atoms with Gasteiger partial charge in [-0.1, -0.05) is 12.8 Å². The molecule has 0 amide bonds. The molecule has 0 aromatic rings. The zero-order chi connectivity index (χ0) is 12.9. The monoisotopic (exact) mass is 245 g/mol. The van der Waals surface area contributed by atoms with Crippen molar-refractivity contribution in [1.82, 2.24) is 10.2 Å². The molecule has 1 unspecified atom stereocenters. The van der Waals surface area contributed by atoms with E-state index >= 15 is 0 Å². The van der Waals surface area contributed by atoms with Crippen LogP contribution in [0.2, 0.25) is 0 Å². The van der Waals surface area contributed by atoms with E-state index in [1.165, 1.54) is 12.8 Å². The van der Waals surface area contributed by atoms with Gasteiger partial charge in [-0.25, -0.2) is 0 Å². The SMILES string of the molecule is CC(N)N1CCNCC1.NCCCCCCN. The van der Waals surface area contributed by atoms with Crippen LogP contribution >= 0.6 is 0 Å². The molecular formula is C12H31N5. The van der Waals surface area contributed by atoms with Crippen LogP contribution in [0.15, 0.2) is 0 Å². The largest absolute Gasteiger partial charge is 0.330 e. The van der Waals surface area contributed by atoms with E-state index in [2.05, 4.69) is 10.2 Å². The first-order valence-electron chi connectivity index (χ1n) is 6.82. The Bertz CT molecular complexity index is 140. The van der Waals surface area contributed by atoms with Crippen LogP contribution in [0.5, 0.6) is 0 Å². The Morgan fingerprint density at radius 3 is 1.76 bits per heavy atom. The van der Waals surface area contributed by atoms with Crippen LogP contribution < -0.4 is 22.5 Å². The van der Waals surface area contributed by atoms with Gasteiger partial charge in [-0.05, 0) is 32.9 Å². The van der Waals surface area contributed by atoms with E-state index in [-0.39, 0.29) is 6.17 Å². The molecule has 1 fully saturated rings. The fourth-order valence-electron chi connectivity index (χ4n) is 1.73. The predicted molar refractivity (Wildman–Crippen MR) is 74.7 cm³/mol. The molecule has 17 heavy (non-hydrogen) atoms. The van der Waals surface area contributed by atoms with Crippen molar-refractivity contribution in [2.75, 3.05) is 39.3 Å². The lowest BCUT2D eigenvalue weighted by atomic mass is 10.2. The normalized spacial score (nSPS) is 18.4. The van der Waals surface area contributed by atoms with Crippen LogP contribution in [-0.2, 0) is 0 Å². The van der Waals surface area contributed by atoms with Crippen molar-refractivity contribution in [2.45, 2.75) is 38.8 Å². The van der Waals surface area contributed by atoms with Gasteiger partial charge in [0.1, 0.15) is 0 Å². The van der Waals surface area contributed by atoms with Gasteiger partial charge in [-0.2, -0.15) is 0 Å². The van der Waals surface area contributed by atoms with Gasteiger partial charge in [0.05, 0.1) is 6.17 Å². The molecule has 0 aliphatic carbocycles. The summed E-state index contributed by atoms with van der Waals surface area (Å²) in [6.07, 6.45) is 5.02. The lowest BCUT2D eigenvalue weighted by molar-refractivity contribution is 0.188. The molecule has 1 saturated heterocycles. The summed E-state index contributed by atoms with van der Waals surface area (Å²) in [6, 6.07) is 0. The number of nitrogens with one attached hydrogen (secondary N) is 1. The molecule has 1 rings (SSSR count). The van der Waals surface area contributed by atoms with Gasteiger partial charge >= 0.3 is 0 Å². The Hall–Kier alpha value is -0.200. The van der Waals surface area contributed by atoms with Gasteiger partial charge in [-0.15, -0.1) is 0 Å². The molecule has 0 spiro atoms. The maximum absolute atomic E-state index is 5.67. The molecule has 1 atom stereocenters. The minimum absolute atomic E-state index is 0.229. The summed E-state index contributed by atoms with van der Waals surface area (Å²) in [4.78, 5) is 2.27. The molecule has 104 valence electrons. The van der Waals surface area contributed by atoms with Crippen molar-refractivity contribution in [3.63, 3.8) is 0 Å². The quantitative estimate of drug-likeness (QED) is 0.480. The molecule has 0 aromatic carbocycles. The zero-order valence-electron chi connectivity index (χ0n) is 11.3. The summed E-state index contributed by atoms with van der Waals surface area (Å²) in [6.45, 7) is 8.04. The van der Waals surface area contributed by atoms with E-state index < -0.39 is 0 Å². The first-order chi connectivity index (χ1) is 8.22. The average Bonchev–Trinajstić information content (AvgIpc) is 2.37. The second-order valence-electron chi connectivity index (χ2n) is 4.52. The van der Waals surface area contributed by atoms with Crippen LogP contribution in [-0.4, -0.2) is 50.3 Å². The number of nitrogens with zero attached hydrogens (tertiary/aromatic N) is 1. The molecule has 0 saturated carbocycles. The van der Waals surface area contributed by atoms with Crippen molar-refractivity contribution in [1.29, 1.82) is 0 Å². The summed E-state index contributed by atoms with van der Waals surface area (Å²) in [7, 11) is 0. The van der Waals surface area contributed by atoms with Gasteiger partial charge < -0.3 is 22.5 Å². The highest BCUT2D eigenvalue weighted by molar-refractivity contribution is 4.69. The van der Waals surface area contributed by atoms with Crippen LogP contribution in [0.25, 0.3) is 0 Å². The van der Waals surface area contributed by atoms with E-state index in [4.69, 9.17) is 17.2 Å². The third kappa shape index (κ3) is 10.7. The highest BCUT2D eigenvalue weighted by atomic mass is 15.2. The maximum Gasteiger partial charge on any atom is 0.0543 e. The van der Waals surface area contributed by atoms with Crippen molar-refractivity contribution >= 4 is 0 Å². The number of hydrogen-bond donors (Lipinski definition) is 4. The minimum atomic E-state index is 0.229. The van der Waals surface area contributed by atoms with Crippen LogP contribution in [0.3, 0.4) is 0 Å². The molecular weight excluding hydrogens is 214 g/mol. The van der Waals surface area contributed by atoms with Crippen molar-refractivity contribution in [3.05, 3.63) is 0 Å². The average molecular weight is 245 g/mol. The highest BCUT2D eigenvalue weighted by Gasteiger charge is 2.11. The molecule has 7 N–H and O–H groups in total. The summed E-state index contributed by atoms with van der Waals surface area (Å²) in [5, 5.41) is 3.27. The molecule has 1 aliphatic rings. The number of unbranched alkanes of at least 4 members (excludes halogenated alkanes) is 3. The van der Waals surface area contributed by atoms with E-state index in [1.54, 1.807) is 0 Å². The molecule has 5 nitrogen and oxygen atoms in total. The Labute approximate surface area is 106 Å². The van der Waals surface area contributed by atoms with E-state index in [0.717, 1.165) is 52.1 Å². The minimum Gasteiger partial charge on any atom is -0.330 e. The number of rotatable bonds is 6. The first-order valence-corrected chi connectivity index (χ1v) is 6.82. The fourth-order valence-corrected chi connectivity index (χ4v) is 1.73. The Balaban J connectivity index is 0.000000304. The molecule has 5 heteroatoms. The molecule has 0 radical (unpaired) electrons. The summed E-state index contributed by atoms with van der Waals surface area (Å²) >= 11 is 0. The molecule has 1 heterocycles. The number of hydrogen-bond acceptors (Lipinski definition) is 5. The standard InChI is InChI=1S/C6H15N3.C6H16N2/c1-6(7)9-4-2-8-3-5-9;7-5-3-1-2-4-6-8/h6,8H,2-5,7H2,1H3;1-8H2. The maximum atomic E-state index is 5.67. The van der Waals surface area contributed by atoms with Gasteiger partial charge in [0.15, 0.2) is 0 Å². The van der Waals surface area contributed by atoms with Crippen LogP contribution in [0.1, 0.15) is 32.6 Å². The molecule has 1 aliphatic heterocycles. The number of piperazine rings is 1. The van der Waals surface area contributed by atoms with E-state index in [0.29, 0.717) is 0 Å². The van der Waals surface area contributed by atoms with Crippen molar-refractivity contribution in [3.8, 4) is 0 Å². The summed E-state index contributed by atoms with van der Waals surface area (Å²) in [5.74, 6) is 0. The smallest absolute Gasteiger partial charge is 0.0543 e. The zero-order valence-corrected chi connectivity index (χ0v) is 11.3. The Kier molecular flexibility index (Phi) is 12.1. The Morgan fingerprint density at radius 2 is 1.47 bits per heavy atom. The lowest BCUT2D eigenvalue weighted by Crippen LogP contribution is -2.50. The van der Waals surface area contributed by atoms with Gasteiger partial charge in [-0.3, -0.25) is 4.90 Å². The summed E-state index contributed by atoms with van der Waals surface area (Å²) in [5.41, 5.74) is 16.2. The van der Waals surface area contributed by atoms with Crippen LogP contribution in [0, 0.1) is 0 Å². The highest BCUT2D eigenvalue weighted by Crippen LogP contribution is 1.95. The fraction of sp³-hybridized carbons (Fsp3) is 1.00. The predicted octanol–water partition coefficient (Wildman–Crippen LogP) is -0.339. The van der Waals surface area contributed by atoms with Crippen molar-refractivity contribution < 1.29 is 0 Å².